The van der Waals surface area contributed by atoms with Crippen molar-refractivity contribution in [3.63, 3.8) is 0 Å². The minimum absolute atomic E-state index is 0.823. The quantitative estimate of drug-likeness (QED) is 0.746. The first kappa shape index (κ1) is 11.3. The number of nitrogens with zero attached hydrogens (tertiary/aromatic N) is 2. The van der Waals surface area contributed by atoms with Crippen LogP contribution in [0.5, 0.6) is 0 Å². The smallest absolute Gasteiger partial charge is 0.136 e. The summed E-state index contributed by atoms with van der Waals surface area (Å²) in [6.45, 7) is 4.15. The number of nitrogens with two attached hydrogens (primary N) is 1. The number of nitrogen functional groups attached to an aromatic ring is 1. The van der Waals surface area contributed by atoms with E-state index >= 15 is 0 Å². The third-order valence-electron chi connectivity index (χ3n) is 3.46. The molecule has 3 rings (SSSR count). The third kappa shape index (κ3) is 1.99. The molecule has 0 bridgehead atoms. The van der Waals surface area contributed by atoms with Gasteiger partial charge in [-0.2, -0.15) is 0 Å². The first-order chi connectivity index (χ1) is 8.86. The molecule has 1 aliphatic heterocycles. The summed E-state index contributed by atoms with van der Waals surface area (Å²) in [5.74, 6) is 1.06. The molecule has 1 aliphatic rings. The molecule has 0 amide bonds. The first-order valence-corrected chi connectivity index (χ1v) is 6.45. The Kier molecular flexibility index (Phi) is 3.02. The Morgan fingerprint density at radius 3 is 3.00 bits per heavy atom. The standard InChI is InChI=1S/C14H18N4/c15-13-4-1-3-12-11(13)5-7-17-14(12)18-9-2-6-16-8-10-18/h1,3-5,7,16H,2,6,8-10,15H2. The van der Waals surface area contributed by atoms with Gasteiger partial charge in [-0.25, -0.2) is 4.98 Å². The molecular weight excluding hydrogens is 224 g/mol. The van der Waals surface area contributed by atoms with Crippen LogP contribution in [0.1, 0.15) is 6.42 Å². The van der Waals surface area contributed by atoms with E-state index in [0.29, 0.717) is 0 Å². The lowest BCUT2D eigenvalue weighted by Gasteiger charge is -2.22. The van der Waals surface area contributed by atoms with Crippen molar-refractivity contribution in [3.05, 3.63) is 30.5 Å². The minimum Gasteiger partial charge on any atom is -0.398 e. The maximum absolute atomic E-state index is 6.03. The van der Waals surface area contributed by atoms with Gasteiger partial charge < -0.3 is 16.0 Å². The van der Waals surface area contributed by atoms with Gasteiger partial charge in [-0.1, -0.05) is 12.1 Å². The Balaban J connectivity index is 2.08. The number of pyridine rings is 1. The van der Waals surface area contributed by atoms with Crippen LogP contribution in [0.3, 0.4) is 0 Å². The fraction of sp³-hybridized carbons (Fsp3) is 0.357. The van der Waals surface area contributed by atoms with E-state index in [4.69, 9.17) is 5.73 Å². The SMILES string of the molecule is Nc1cccc2c(N3CCCNCC3)nccc12. The van der Waals surface area contributed by atoms with Crippen LogP contribution < -0.4 is 16.0 Å². The summed E-state index contributed by atoms with van der Waals surface area (Å²) in [5, 5.41) is 5.66. The highest BCUT2D eigenvalue weighted by Gasteiger charge is 2.13. The van der Waals surface area contributed by atoms with E-state index in [0.717, 1.165) is 54.9 Å². The zero-order valence-electron chi connectivity index (χ0n) is 10.4. The lowest BCUT2D eigenvalue weighted by atomic mass is 10.1. The molecule has 1 saturated heterocycles. The monoisotopic (exact) mass is 242 g/mol. The number of rotatable bonds is 1. The van der Waals surface area contributed by atoms with Crippen LogP contribution in [0, 0.1) is 0 Å². The summed E-state index contributed by atoms with van der Waals surface area (Å²) in [4.78, 5) is 6.90. The fourth-order valence-electron chi connectivity index (χ4n) is 2.53. The van der Waals surface area contributed by atoms with Gasteiger partial charge in [-0.15, -0.1) is 0 Å². The molecule has 0 unspecified atom stereocenters. The average Bonchev–Trinajstić information content (AvgIpc) is 2.67. The fourth-order valence-corrected chi connectivity index (χ4v) is 2.53. The van der Waals surface area contributed by atoms with Gasteiger partial charge in [0, 0.05) is 42.3 Å². The number of fused-ring (bicyclic) bond motifs is 1. The van der Waals surface area contributed by atoms with E-state index in [-0.39, 0.29) is 0 Å². The number of anilines is 2. The summed E-state index contributed by atoms with van der Waals surface area (Å²) in [5.41, 5.74) is 6.85. The van der Waals surface area contributed by atoms with Crippen LogP contribution in [0.15, 0.2) is 30.5 Å². The molecule has 0 atom stereocenters. The largest absolute Gasteiger partial charge is 0.398 e. The summed E-state index contributed by atoms with van der Waals surface area (Å²) < 4.78 is 0. The van der Waals surface area contributed by atoms with E-state index < -0.39 is 0 Å². The molecule has 94 valence electrons. The Labute approximate surface area is 107 Å². The molecule has 2 heterocycles. The Morgan fingerprint density at radius 1 is 1.11 bits per heavy atom. The molecule has 0 radical (unpaired) electrons. The first-order valence-electron chi connectivity index (χ1n) is 6.45. The second-order valence-corrected chi connectivity index (χ2v) is 4.67. The second kappa shape index (κ2) is 4.82. The van der Waals surface area contributed by atoms with Gasteiger partial charge in [0.2, 0.25) is 0 Å². The van der Waals surface area contributed by atoms with Gasteiger partial charge in [0.1, 0.15) is 5.82 Å². The van der Waals surface area contributed by atoms with Crippen LogP contribution in [0.2, 0.25) is 0 Å². The van der Waals surface area contributed by atoms with Crippen LogP contribution >= 0.6 is 0 Å². The Hall–Kier alpha value is -1.81. The molecule has 1 aromatic heterocycles. The van der Waals surface area contributed by atoms with Crippen LogP contribution in [-0.2, 0) is 0 Å². The van der Waals surface area contributed by atoms with Gasteiger partial charge in [0.25, 0.3) is 0 Å². The topological polar surface area (TPSA) is 54.2 Å². The molecule has 1 aromatic carbocycles. The van der Waals surface area contributed by atoms with Crippen molar-refractivity contribution in [1.29, 1.82) is 0 Å². The Morgan fingerprint density at radius 2 is 2.06 bits per heavy atom. The molecule has 3 N–H and O–H groups in total. The lowest BCUT2D eigenvalue weighted by Crippen LogP contribution is -2.28. The number of aromatic nitrogens is 1. The highest BCUT2D eigenvalue weighted by molar-refractivity contribution is 5.99. The van der Waals surface area contributed by atoms with Crippen molar-refractivity contribution < 1.29 is 0 Å². The summed E-state index contributed by atoms with van der Waals surface area (Å²) in [7, 11) is 0. The van der Waals surface area contributed by atoms with E-state index in [9.17, 15) is 0 Å². The van der Waals surface area contributed by atoms with Crippen LogP contribution in [0.25, 0.3) is 10.8 Å². The molecule has 1 fully saturated rings. The minimum atomic E-state index is 0.823. The molecular formula is C14H18N4. The van der Waals surface area contributed by atoms with Crippen LogP contribution in [-0.4, -0.2) is 31.2 Å². The summed E-state index contributed by atoms with van der Waals surface area (Å²) >= 11 is 0. The van der Waals surface area contributed by atoms with Crippen molar-refractivity contribution in [2.45, 2.75) is 6.42 Å². The molecule has 0 aliphatic carbocycles. The number of hydrogen-bond acceptors (Lipinski definition) is 4. The lowest BCUT2D eigenvalue weighted by molar-refractivity contribution is 0.724. The maximum atomic E-state index is 6.03. The molecule has 18 heavy (non-hydrogen) atoms. The van der Waals surface area contributed by atoms with Gasteiger partial charge in [-0.3, -0.25) is 0 Å². The predicted molar refractivity (Wildman–Crippen MR) is 75.9 cm³/mol. The highest BCUT2D eigenvalue weighted by atomic mass is 15.2. The number of hydrogen-bond donors (Lipinski definition) is 2. The zero-order valence-corrected chi connectivity index (χ0v) is 10.4. The van der Waals surface area contributed by atoms with Crippen molar-refractivity contribution in [2.24, 2.45) is 0 Å². The van der Waals surface area contributed by atoms with E-state index in [2.05, 4.69) is 21.3 Å². The second-order valence-electron chi connectivity index (χ2n) is 4.67. The zero-order chi connectivity index (χ0) is 12.4. The molecule has 0 saturated carbocycles. The van der Waals surface area contributed by atoms with Crippen molar-refractivity contribution in [1.82, 2.24) is 10.3 Å². The van der Waals surface area contributed by atoms with Crippen molar-refractivity contribution >= 4 is 22.3 Å². The van der Waals surface area contributed by atoms with Gasteiger partial charge in [0.15, 0.2) is 0 Å². The maximum Gasteiger partial charge on any atom is 0.136 e. The summed E-state index contributed by atoms with van der Waals surface area (Å²) in [6, 6.07) is 8.03. The van der Waals surface area contributed by atoms with Crippen molar-refractivity contribution in [2.75, 3.05) is 36.8 Å². The summed E-state index contributed by atoms with van der Waals surface area (Å²) in [6.07, 6.45) is 3.01. The predicted octanol–water partition coefficient (Wildman–Crippen LogP) is 1.62. The van der Waals surface area contributed by atoms with Crippen molar-refractivity contribution in [3.8, 4) is 0 Å². The third-order valence-corrected chi connectivity index (χ3v) is 3.46. The number of nitrogens with one attached hydrogen (secondary N) is 1. The van der Waals surface area contributed by atoms with Gasteiger partial charge >= 0.3 is 0 Å². The molecule has 4 heteroatoms. The van der Waals surface area contributed by atoms with Crippen LogP contribution in [0.4, 0.5) is 11.5 Å². The van der Waals surface area contributed by atoms with E-state index in [1.807, 2.05) is 24.4 Å². The molecule has 2 aromatic rings. The van der Waals surface area contributed by atoms with E-state index in [1.165, 1.54) is 0 Å². The van der Waals surface area contributed by atoms with E-state index in [1.54, 1.807) is 0 Å². The molecule has 4 nitrogen and oxygen atoms in total. The average molecular weight is 242 g/mol. The van der Waals surface area contributed by atoms with Gasteiger partial charge in [-0.05, 0) is 25.1 Å². The Bertz CT molecular complexity index is 544. The number of benzene rings is 1. The highest BCUT2D eigenvalue weighted by Crippen LogP contribution is 2.28. The normalized spacial score (nSPS) is 16.8. The molecule has 0 spiro atoms. The van der Waals surface area contributed by atoms with Gasteiger partial charge in [0.05, 0.1) is 0 Å².